The van der Waals surface area contributed by atoms with Gasteiger partial charge in [0.2, 0.25) is 0 Å². The summed E-state index contributed by atoms with van der Waals surface area (Å²) in [5, 5.41) is 8.26. The normalized spacial score (nSPS) is 38.8. The molecule has 4 saturated carbocycles. The molecule has 1 aromatic heterocycles. The summed E-state index contributed by atoms with van der Waals surface area (Å²) in [6.07, 6.45) is 12.8. The third kappa shape index (κ3) is 3.03. The van der Waals surface area contributed by atoms with E-state index in [0.717, 1.165) is 42.3 Å². The summed E-state index contributed by atoms with van der Waals surface area (Å²) < 4.78 is 5.61. The molecule has 2 heterocycles. The van der Waals surface area contributed by atoms with Crippen LogP contribution in [0, 0.1) is 17.8 Å². The number of aromatic nitrogens is 1. The molecule has 4 nitrogen and oxygen atoms in total. The molecule has 5 fully saturated rings. The van der Waals surface area contributed by atoms with Crippen molar-refractivity contribution in [3.63, 3.8) is 0 Å². The van der Waals surface area contributed by atoms with E-state index in [2.05, 4.69) is 21.4 Å². The Kier molecular flexibility index (Phi) is 3.93. The molecule has 0 spiro atoms. The second kappa shape index (κ2) is 6.14. The van der Waals surface area contributed by atoms with Gasteiger partial charge in [0.25, 0.3) is 0 Å². The van der Waals surface area contributed by atoms with Gasteiger partial charge in [0.05, 0.1) is 12.2 Å². The standard InChI is InChI=1S/C20H31N3O/c1-2-4-23(5-3-1)14-19-9-18(22-24-19)13-21-20-10-15-6-16(11-20)8-17(7-15)12-20/h9,15-17,21H,1-8,10-14H2. The zero-order valence-electron chi connectivity index (χ0n) is 14.8. The minimum Gasteiger partial charge on any atom is -0.360 e. The van der Waals surface area contributed by atoms with Crippen LogP contribution in [0.25, 0.3) is 0 Å². The first-order valence-corrected chi connectivity index (χ1v) is 10.2. The number of hydrogen-bond donors (Lipinski definition) is 1. The Morgan fingerprint density at radius 2 is 1.71 bits per heavy atom. The van der Waals surface area contributed by atoms with Crippen LogP contribution in [0.1, 0.15) is 69.2 Å². The zero-order valence-corrected chi connectivity index (χ0v) is 14.8. The summed E-state index contributed by atoms with van der Waals surface area (Å²) in [6, 6.07) is 2.18. The van der Waals surface area contributed by atoms with Crippen molar-refractivity contribution in [3.8, 4) is 0 Å². The SMILES string of the molecule is c1c(CNC23CC4CC(CC(C4)C2)C3)noc1CN1CCCCC1. The number of piperidine rings is 1. The molecule has 1 saturated heterocycles. The lowest BCUT2D eigenvalue weighted by Gasteiger charge is -2.57. The van der Waals surface area contributed by atoms with Gasteiger partial charge in [0.1, 0.15) is 0 Å². The molecule has 1 aliphatic heterocycles. The first-order chi connectivity index (χ1) is 11.8. The predicted octanol–water partition coefficient (Wildman–Crippen LogP) is 3.72. The minimum absolute atomic E-state index is 0.417. The fraction of sp³-hybridized carbons (Fsp3) is 0.850. The Bertz CT molecular complexity index is 540. The van der Waals surface area contributed by atoms with E-state index >= 15 is 0 Å². The quantitative estimate of drug-likeness (QED) is 0.894. The Morgan fingerprint density at radius 1 is 1.04 bits per heavy atom. The topological polar surface area (TPSA) is 41.3 Å². The highest BCUT2D eigenvalue weighted by molar-refractivity contribution is 5.10. The lowest BCUT2D eigenvalue weighted by molar-refractivity contribution is -0.0208. The monoisotopic (exact) mass is 329 g/mol. The summed E-state index contributed by atoms with van der Waals surface area (Å²) >= 11 is 0. The van der Waals surface area contributed by atoms with Crippen LogP contribution in [0.2, 0.25) is 0 Å². The third-order valence-electron chi connectivity index (χ3n) is 7.12. The van der Waals surface area contributed by atoms with Crippen LogP contribution in [-0.2, 0) is 13.1 Å². The van der Waals surface area contributed by atoms with Gasteiger partial charge in [-0.05, 0) is 82.2 Å². The van der Waals surface area contributed by atoms with Gasteiger partial charge in [-0.25, -0.2) is 0 Å². The van der Waals surface area contributed by atoms with E-state index < -0.39 is 0 Å². The molecule has 6 rings (SSSR count). The van der Waals surface area contributed by atoms with Crippen LogP contribution in [0.4, 0.5) is 0 Å². The van der Waals surface area contributed by atoms with Gasteiger partial charge >= 0.3 is 0 Å². The maximum Gasteiger partial charge on any atom is 0.151 e. The van der Waals surface area contributed by atoms with E-state index in [1.165, 1.54) is 70.9 Å². The van der Waals surface area contributed by atoms with Crippen molar-refractivity contribution in [2.24, 2.45) is 17.8 Å². The predicted molar refractivity (Wildman–Crippen MR) is 93.4 cm³/mol. The molecular weight excluding hydrogens is 298 g/mol. The fourth-order valence-electron chi connectivity index (χ4n) is 6.46. The maximum absolute atomic E-state index is 5.61. The average molecular weight is 329 g/mol. The van der Waals surface area contributed by atoms with E-state index in [0.29, 0.717) is 5.54 Å². The molecule has 1 aromatic rings. The second-order valence-corrected chi connectivity index (χ2v) is 9.17. The first kappa shape index (κ1) is 15.4. The number of hydrogen-bond acceptors (Lipinski definition) is 4. The van der Waals surface area contributed by atoms with Crippen molar-refractivity contribution in [1.82, 2.24) is 15.4 Å². The molecule has 0 amide bonds. The van der Waals surface area contributed by atoms with Crippen molar-refractivity contribution in [3.05, 3.63) is 17.5 Å². The van der Waals surface area contributed by atoms with Crippen LogP contribution in [0.3, 0.4) is 0 Å². The van der Waals surface area contributed by atoms with Gasteiger partial charge in [0, 0.05) is 18.2 Å². The van der Waals surface area contributed by atoms with E-state index in [1.54, 1.807) is 0 Å². The van der Waals surface area contributed by atoms with Gasteiger partial charge in [0.15, 0.2) is 5.76 Å². The van der Waals surface area contributed by atoms with Crippen molar-refractivity contribution in [2.45, 2.75) is 76.4 Å². The average Bonchev–Trinajstić information content (AvgIpc) is 3.00. The highest BCUT2D eigenvalue weighted by Gasteiger charge is 2.50. The number of nitrogens with one attached hydrogen (secondary N) is 1. The molecule has 0 radical (unpaired) electrons. The van der Waals surface area contributed by atoms with E-state index in [1.807, 2.05) is 0 Å². The summed E-state index contributed by atoms with van der Waals surface area (Å²) in [5.41, 5.74) is 1.51. The van der Waals surface area contributed by atoms with Crippen LogP contribution >= 0.6 is 0 Å². The van der Waals surface area contributed by atoms with Crippen molar-refractivity contribution in [2.75, 3.05) is 13.1 Å². The van der Waals surface area contributed by atoms with Gasteiger partial charge in [-0.3, -0.25) is 4.90 Å². The number of likely N-dealkylation sites (tertiary alicyclic amines) is 1. The van der Waals surface area contributed by atoms with Gasteiger partial charge < -0.3 is 9.84 Å². The van der Waals surface area contributed by atoms with Crippen molar-refractivity contribution >= 4 is 0 Å². The molecule has 5 aliphatic rings. The molecule has 0 aromatic carbocycles. The van der Waals surface area contributed by atoms with Gasteiger partial charge in [-0.2, -0.15) is 0 Å². The lowest BCUT2D eigenvalue weighted by atomic mass is 9.53. The minimum atomic E-state index is 0.417. The molecule has 4 aliphatic carbocycles. The van der Waals surface area contributed by atoms with E-state index in [9.17, 15) is 0 Å². The molecular formula is C20H31N3O. The highest BCUT2D eigenvalue weighted by atomic mass is 16.5. The van der Waals surface area contributed by atoms with Crippen molar-refractivity contribution in [1.29, 1.82) is 0 Å². The van der Waals surface area contributed by atoms with Crippen LogP contribution in [0.5, 0.6) is 0 Å². The third-order valence-corrected chi connectivity index (χ3v) is 7.12. The highest BCUT2D eigenvalue weighted by Crippen LogP contribution is 2.55. The Hall–Kier alpha value is -0.870. The molecule has 1 N–H and O–H groups in total. The van der Waals surface area contributed by atoms with Crippen LogP contribution < -0.4 is 5.32 Å². The van der Waals surface area contributed by atoms with E-state index in [-0.39, 0.29) is 0 Å². The van der Waals surface area contributed by atoms with Gasteiger partial charge in [-0.1, -0.05) is 11.6 Å². The molecule has 0 unspecified atom stereocenters. The summed E-state index contributed by atoms with van der Waals surface area (Å²) in [4.78, 5) is 2.50. The molecule has 24 heavy (non-hydrogen) atoms. The second-order valence-electron chi connectivity index (χ2n) is 9.17. The first-order valence-electron chi connectivity index (χ1n) is 10.2. The summed E-state index contributed by atoms with van der Waals surface area (Å²) in [6.45, 7) is 4.24. The van der Waals surface area contributed by atoms with Gasteiger partial charge in [-0.15, -0.1) is 0 Å². The summed E-state index contributed by atoms with van der Waals surface area (Å²) in [7, 11) is 0. The zero-order chi connectivity index (χ0) is 16.0. The molecule has 132 valence electrons. The van der Waals surface area contributed by atoms with Crippen LogP contribution in [-0.4, -0.2) is 28.7 Å². The Labute approximate surface area is 145 Å². The lowest BCUT2D eigenvalue weighted by Crippen LogP contribution is -2.58. The molecule has 4 bridgehead atoms. The van der Waals surface area contributed by atoms with E-state index in [4.69, 9.17) is 4.52 Å². The summed E-state index contributed by atoms with van der Waals surface area (Å²) in [5.74, 6) is 4.03. The number of rotatable bonds is 5. The fourth-order valence-corrected chi connectivity index (χ4v) is 6.46. The van der Waals surface area contributed by atoms with Crippen LogP contribution in [0.15, 0.2) is 10.6 Å². The largest absolute Gasteiger partial charge is 0.360 e. The maximum atomic E-state index is 5.61. The Balaban J connectivity index is 1.18. The molecule has 0 atom stereocenters. The van der Waals surface area contributed by atoms with Crippen molar-refractivity contribution < 1.29 is 4.52 Å². The number of nitrogens with zero attached hydrogens (tertiary/aromatic N) is 2. The smallest absolute Gasteiger partial charge is 0.151 e. The molecule has 4 heteroatoms. The Morgan fingerprint density at radius 3 is 2.38 bits per heavy atom.